The van der Waals surface area contributed by atoms with Gasteiger partial charge in [0.1, 0.15) is 0 Å². The molecule has 0 rings (SSSR count). The molecular formula is C2H9OTi-5. The molecule has 0 saturated heterocycles. The zero-order valence-electron chi connectivity index (χ0n) is 6.62. The minimum absolute atomic E-state index is 0. The van der Waals surface area contributed by atoms with Gasteiger partial charge in [-0.3, -0.25) is 0 Å². The van der Waals surface area contributed by atoms with Crippen LogP contribution in [0.4, 0.5) is 0 Å². The van der Waals surface area contributed by atoms with E-state index >= 15 is 0 Å². The zero-order valence-corrected chi connectivity index (χ0v) is 4.18. The smallest absolute Gasteiger partial charge is 0 e. The van der Waals surface area contributed by atoms with E-state index in [-0.39, 0.29) is 34.0 Å². The van der Waals surface area contributed by atoms with E-state index in [9.17, 15) is 0 Å². The van der Waals surface area contributed by atoms with E-state index in [0.717, 1.165) is 0 Å². The number of rotatable bonds is 0. The monoisotopic (exact) mass is 97.0 g/mol. The molecule has 0 aliphatic rings. The van der Waals surface area contributed by atoms with Crippen LogP contribution < -0.4 is 5.11 Å². The van der Waals surface area contributed by atoms with Crippen LogP contribution in [0.15, 0.2) is 0 Å². The zero-order chi connectivity index (χ0) is 2.71. The third-order valence-corrected chi connectivity index (χ3v) is 0. The fraction of sp³-hybridized carbons (Fsp3) is 1.00. The van der Waals surface area contributed by atoms with E-state index in [1.165, 1.54) is 0 Å². The van der Waals surface area contributed by atoms with Gasteiger partial charge in [0.25, 0.3) is 0 Å². The Hall–Kier alpha value is 0.674. The van der Waals surface area contributed by atoms with Crippen molar-refractivity contribution in [1.29, 1.82) is 0 Å². The van der Waals surface area contributed by atoms with Crippen LogP contribution in [0.1, 0.15) is 12.6 Å². The molecule has 0 aromatic heterocycles. The van der Waals surface area contributed by atoms with Crippen molar-refractivity contribution in [3.05, 3.63) is 0 Å². The van der Waals surface area contributed by atoms with Gasteiger partial charge < -0.3 is 10.8 Å². The molecule has 2 heteroatoms. The number of hydrogen-bond acceptors (Lipinski definition) is 1. The summed E-state index contributed by atoms with van der Waals surface area (Å²) in [6.07, 6.45) is 0. The van der Waals surface area contributed by atoms with Crippen molar-refractivity contribution in [2.24, 2.45) is 0 Å². The van der Waals surface area contributed by atoms with E-state index in [0.29, 0.717) is 0 Å². The Labute approximate surface area is 46.8 Å². The summed E-state index contributed by atoms with van der Waals surface area (Å²) in [5, 5.41) is 8.93. The summed E-state index contributed by atoms with van der Waals surface area (Å²) in [5.74, 6) is 0. The van der Waals surface area contributed by atoms with Crippen LogP contribution in [0.25, 0.3) is 0 Å². The molecule has 0 radical (unpaired) electrons. The normalized spacial score (nSPS) is 4.50. The average Bonchev–Trinajstić information content (AvgIpc) is 0.918. The van der Waals surface area contributed by atoms with Crippen LogP contribution in [0.5, 0.6) is 0 Å². The maximum absolute atomic E-state index is 8.93. The van der Waals surface area contributed by atoms with Crippen molar-refractivity contribution in [3.63, 3.8) is 0 Å². The molecule has 1 nitrogen and oxygen atoms in total. The van der Waals surface area contributed by atoms with Gasteiger partial charge >= 0.3 is 0 Å². The van der Waals surface area contributed by atoms with Gasteiger partial charge in [0.15, 0.2) is 0 Å². The van der Waals surface area contributed by atoms with Gasteiger partial charge in [-0.25, -0.2) is 0 Å². The van der Waals surface area contributed by atoms with E-state index < -0.39 is 0 Å². The molecule has 0 heterocycles. The Balaban J connectivity index is -0.00000000200. The fourth-order valence-corrected chi connectivity index (χ4v) is 0. The first-order chi connectivity index (χ1) is 1.41. The Kier molecular flexibility index (Phi) is 20.7. The van der Waals surface area contributed by atoms with E-state index in [4.69, 9.17) is 5.11 Å². The SMILES string of the molecule is CC[O-].[H-].[H-].[H-].[H-].[Ti]. The van der Waals surface area contributed by atoms with Crippen molar-refractivity contribution in [1.82, 2.24) is 0 Å². The molecular weight excluding hydrogens is 87.9 g/mol. The quantitative estimate of drug-likeness (QED) is 0.384. The third-order valence-electron chi connectivity index (χ3n) is 0. The first kappa shape index (κ1) is 8.82. The standard InChI is InChI=1S/C2H5O.Ti.4H/c1-2-3;;;;;/h2H2,1H3;;;;;/q-1;;4*-1. The van der Waals surface area contributed by atoms with Crippen LogP contribution in [-0.2, 0) is 21.7 Å². The van der Waals surface area contributed by atoms with Crippen LogP contribution >= 0.6 is 0 Å². The summed E-state index contributed by atoms with van der Waals surface area (Å²) in [6, 6.07) is 0. The molecule has 0 fully saturated rings. The minimum atomic E-state index is 0. The molecule has 0 N–H and O–H groups in total. The second-order valence-electron chi connectivity index (χ2n) is 0.289. The number of hydrogen-bond donors (Lipinski definition) is 0. The molecule has 0 saturated carbocycles. The first-order valence-electron chi connectivity index (χ1n) is 0.996. The van der Waals surface area contributed by atoms with Gasteiger partial charge in [0, 0.05) is 21.7 Å². The summed E-state index contributed by atoms with van der Waals surface area (Å²) in [6.45, 7) is 1.57. The van der Waals surface area contributed by atoms with Gasteiger partial charge in [-0.05, 0) is 0 Å². The molecule has 0 atom stereocenters. The molecule has 0 aliphatic heterocycles. The summed E-state index contributed by atoms with van der Waals surface area (Å²) in [4.78, 5) is 0. The van der Waals surface area contributed by atoms with Crippen molar-refractivity contribution >= 4 is 0 Å². The van der Waals surface area contributed by atoms with Gasteiger partial charge in [-0.15, -0.1) is 6.61 Å². The second kappa shape index (κ2) is 9.37. The predicted octanol–water partition coefficient (Wildman–Crippen LogP) is -0.186. The maximum Gasteiger partial charge on any atom is 0 e. The van der Waals surface area contributed by atoms with Crippen molar-refractivity contribution in [2.45, 2.75) is 6.92 Å². The molecule has 0 spiro atoms. The molecule has 0 aromatic rings. The first-order valence-corrected chi connectivity index (χ1v) is 0.996. The Morgan fingerprint density at radius 1 is 2.00 bits per heavy atom. The van der Waals surface area contributed by atoms with Crippen LogP contribution in [-0.4, -0.2) is 6.61 Å². The summed E-state index contributed by atoms with van der Waals surface area (Å²) in [7, 11) is 0. The van der Waals surface area contributed by atoms with Gasteiger partial charge in [0.05, 0.1) is 0 Å². The van der Waals surface area contributed by atoms with E-state index in [1.54, 1.807) is 6.92 Å². The van der Waals surface area contributed by atoms with Gasteiger partial charge in [-0.1, -0.05) is 6.92 Å². The van der Waals surface area contributed by atoms with Crippen molar-refractivity contribution in [3.8, 4) is 0 Å². The predicted molar refractivity (Wildman–Crippen MR) is 15.0 cm³/mol. The Morgan fingerprint density at radius 2 is 2.00 bits per heavy atom. The maximum atomic E-state index is 8.93. The Bertz CT molecular complexity index is 14.0. The Morgan fingerprint density at radius 3 is 2.00 bits per heavy atom. The van der Waals surface area contributed by atoms with Crippen molar-refractivity contribution in [2.75, 3.05) is 6.61 Å². The fourth-order valence-electron chi connectivity index (χ4n) is 0. The van der Waals surface area contributed by atoms with Crippen LogP contribution in [0.2, 0.25) is 0 Å². The van der Waals surface area contributed by atoms with Gasteiger partial charge in [-0.2, -0.15) is 0 Å². The molecule has 0 aromatic carbocycles. The molecule has 0 unspecified atom stereocenters. The molecule has 0 aliphatic carbocycles. The van der Waals surface area contributed by atoms with E-state index in [2.05, 4.69) is 0 Å². The third kappa shape index (κ3) is 16.5. The largest absolute Gasteiger partial charge is 1.00 e. The summed E-state index contributed by atoms with van der Waals surface area (Å²) >= 11 is 0. The molecule has 0 amide bonds. The summed E-state index contributed by atoms with van der Waals surface area (Å²) < 4.78 is 0. The summed E-state index contributed by atoms with van der Waals surface area (Å²) in [5.41, 5.74) is 0. The topological polar surface area (TPSA) is 23.1 Å². The van der Waals surface area contributed by atoms with Crippen LogP contribution in [0, 0.1) is 0 Å². The van der Waals surface area contributed by atoms with Crippen molar-refractivity contribution < 1.29 is 32.5 Å². The van der Waals surface area contributed by atoms with Crippen LogP contribution in [0.3, 0.4) is 0 Å². The second-order valence-corrected chi connectivity index (χ2v) is 0.289. The molecule has 4 heavy (non-hydrogen) atoms. The average molecular weight is 97.0 g/mol. The molecule has 0 bridgehead atoms. The van der Waals surface area contributed by atoms with E-state index in [1.807, 2.05) is 0 Å². The van der Waals surface area contributed by atoms with Gasteiger partial charge in [0.2, 0.25) is 0 Å². The minimum Gasteiger partial charge on any atom is -1.00 e. The molecule has 32 valence electrons.